The molecular weight excluding hydrogens is 326 g/mol. The van der Waals surface area contributed by atoms with Crippen molar-refractivity contribution in [2.45, 2.75) is 18.9 Å². The van der Waals surface area contributed by atoms with Gasteiger partial charge in [-0.1, -0.05) is 55.5 Å². The second-order valence-corrected chi connectivity index (χ2v) is 7.16. The predicted octanol–water partition coefficient (Wildman–Crippen LogP) is 2.67. The number of rotatable bonds is 4. The Kier molecular flexibility index (Phi) is 4.40. The van der Waals surface area contributed by atoms with Gasteiger partial charge < -0.3 is 4.74 Å². The number of fused-ring (bicyclic) bond motifs is 1. The molecule has 0 radical (unpaired) electrons. The summed E-state index contributed by atoms with van der Waals surface area (Å²) < 4.78 is 31.8. The minimum atomic E-state index is -3.89. The molecule has 1 amide bonds. The maximum atomic E-state index is 12.3. The SMILES string of the molecule is C[C@@H]1c2ccccc2O[C@@H]1C(=O)NS(=O)(=O)/C=C\c1ccccc1. The minimum absolute atomic E-state index is 0.213. The average Bonchev–Trinajstić information content (AvgIpc) is 2.91. The van der Waals surface area contributed by atoms with Gasteiger partial charge in [-0.3, -0.25) is 4.79 Å². The number of hydrogen-bond donors (Lipinski definition) is 1. The molecule has 1 aliphatic rings. The molecule has 0 bridgehead atoms. The molecule has 0 saturated heterocycles. The summed E-state index contributed by atoms with van der Waals surface area (Å²) in [5.74, 6) is -0.270. The summed E-state index contributed by atoms with van der Waals surface area (Å²) >= 11 is 0. The van der Waals surface area contributed by atoms with Gasteiger partial charge in [-0.15, -0.1) is 0 Å². The van der Waals surface area contributed by atoms with Crippen molar-refractivity contribution in [3.63, 3.8) is 0 Å². The van der Waals surface area contributed by atoms with E-state index in [-0.39, 0.29) is 5.92 Å². The third-order valence-corrected chi connectivity index (χ3v) is 4.84. The first-order valence-electron chi connectivity index (χ1n) is 7.52. The van der Waals surface area contributed by atoms with Crippen LogP contribution in [-0.2, 0) is 14.8 Å². The first-order chi connectivity index (χ1) is 11.5. The molecule has 0 aliphatic carbocycles. The van der Waals surface area contributed by atoms with Crippen LogP contribution in [0.1, 0.15) is 24.0 Å². The molecule has 2 aromatic carbocycles. The quantitative estimate of drug-likeness (QED) is 0.926. The number of sulfonamides is 1. The normalized spacial score (nSPS) is 19.7. The second kappa shape index (κ2) is 6.49. The van der Waals surface area contributed by atoms with E-state index in [9.17, 15) is 13.2 Å². The topological polar surface area (TPSA) is 72.5 Å². The highest BCUT2D eigenvalue weighted by Gasteiger charge is 2.37. The van der Waals surface area contributed by atoms with Crippen LogP contribution in [0.5, 0.6) is 5.75 Å². The lowest BCUT2D eigenvalue weighted by molar-refractivity contribution is -0.126. The zero-order valence-corrected chi connectivity index (χ0v) is 13.9. The minimum Gasteiger partial charge on any atom is -0.480 e. The molecule has 3 rings (SSSR count). The molecule has 1 aliphatic heterocycles. The lowest BCUT2D eigenvalue weighted by Gasteiger charge is -2.14. The molecule has 0 fully saturated rings. The van der Waals surface area contributed by atoms with E-state index in [2.05, 4.69) is 4.72 Å². The molecule has 1 heterocycles. The molecule has 0 spiro atoms. The summed E-state index contributed by atoms with van der Waals surface area (Å²) in [7, 11) is -3.89. The van der Waals surface area contributed by atoms with Gasteiger partial charge >= 0.3 is 0 Å². The molecule has 0 aromatic heterocycles. The van der Waals surface area contributed by atoms with Crippen LogP contribution in [0.4, 0.5) is 0 Å². The number of ether oxygens (including phenoxy) is 1. The molecule has 0 saturated carbocycles. The van der Waals surface area contributed by atoms with E-state index in [1.54, 1.807) is 30.3 Å². The molecular formula is C18H17NO4S. The number of benzene rings is 2. The van der Waals surface area contributed by atoms with Crippen molar-refractivity contribution >= 4 is 22.0 Å². The van der Waals surface area contributed by atoms with Crippen LogP contribution in [0, 0.1) is 0 Å². The Labute approximate surface area is 141 Å². The van der Waals surface area contributed by atoms with Crippen LogP contribution in [0.2, 0.25) is 0 Å². The van der Waals surface area contributed by atoms with Gasteiger partial charge in [-0.25, -0.2) is 13.1 Å². The summed E-state index contributed by atoms with van der Waals surface area (Å²) in [5, 5.41) is 0.979. The molecule has 2 aromatic rings. The largest absolute Gasteiger partial charge is 0.480 e. The fourth-order valence-corrected chi connectivity index (χ4v) is 3.41. The third-order valence-electron chi connectivity index (χ3n) is 3.86. The van der Waals surface area contributed by atoms with Gasteiger partial charge in [0.25, 0.3) is 15.9 Å². The smallest absolute Gasteiger partial charge is 0.275 e. The van der Waals surface area contributed by atoms with Crippen molar-refractivity contribution in [1.82, 2.24) is 4.72 Å². The van der Waals surface area contributed by atoms with E-state index in [4.69, 9.17) is 4.74 Å². The van der Waals surface area contributed by atoms with E-state index in [1.165, 1.54) is 6.08 Å². The number of carbonyl (C=O) groups is 1. The summed E-state index contributed by atoms with van der Waals surface area (Å²) in [4.78, 5) is 12.3. The Balaban J connectivity index is 1.70. The molecule has 5 nitrogen and oxygen atoms in total. The van der Waals surface area contributed by atoms with Gasteiger partial charge in [0, 0.05) is 11.5 Å². The van der Waals surface area contributed by atoms with Crippen molar-refractivity contribution in [1.29, 1.82) is 0 Å². The fourth-order valence-electron chi connectivity index (χ4n) is 2.61. The van der Waals surface area contributed by atoms with Gasteiger partial charge in [0.1, 0.15) is 5.75 Å². The molecule has 24 heavy (non-hydrogen) atoms. The van der Waals surface area contributed by atoms with Gasteiger partial charge in [0.2, 0.25) is 0 Å². The third kappa shape index (κ3) is 3.49. The highest BCUT2D eigenvalue weighted by Crippen LogP contribution is 2.37. The van der Waals surface area contributed by atoms with Crippen molar-refractivity contribution < 1.29 is 17.9 Å². The molecule has 2 atom stereocenters. The molecule has 1 N–H and O–H groups in total. The highest BCUT2D eigenvalue weighted by atomic mass is 32.2. The summed E-state index contributed by atoms with van der Waals surface area (Å²) in [6.45, 7) is 1.84. The van der Waals surface area contributed by atoms with Crippen LogP contribution < -0.4 is 9.46 Å². The maximum Gasteiger partial charge on any atom is 0.275 e. The predicted molar refractivity (Wildman–Crippen MR) is 91.8 cm³/mol. The van der Waals surface area contributed by atoms with Crippen LogP contribution in [0.3, 0.4) is 0 Å². The van der Waals surface area contributed by atoms with Crippen molar-refractivity contribution in [3.05, 3.63) is 71.1 Å². The number of para-hydroxylation sites is 1. The lowest BCUT2D eigenvalue weighted by Crippen LogP contribution is -2.41. The van der Waals surface area contributed by atoms with Crippen molar-refractivity contribution in [3.8, 4) is 5.75 Å². The lowest BCUT2D eigenvalue weighted by atomic mass is 9.97. The Morgan fingerprint density at radius 3 is 2.46 bits per heavy atom. The van der Waals surface area contributed by atoms with Gasteiger partial charge in [0.05, 0.1) is 5.41 Å². The number of nitrogens with one attached hydrogen (secondary N) is 1. The van der Waals surface area contributed by atoms with E-state index in [1.807, 2.05) is 31.2 Å². The van der Waals surface area contributed by atoms with E-state index in [0.29, 0.717) is 5.75 Å². The number of carbonyl (C=O) groups excluding carboxylic acids is 1. The zero-order valence-electron chi connectivity index (χ0n) is 13.0. The maximum absolute atomic E-state index is 12.3. The Morgan fingerprint density at radius 2 is 1.75 bits per heavy atom. The zero-order chi connectivity index (χ0) is 17.2. The summed E-state index contributed by atoms with van der Waals surface area (Å²) in [5.41, 5.74) is 1.63. The van der Waals surface area contributed by atoms with Crippen molar-refractivity contribution in [2.75, 3.05) is 0 Å². The van der Waals surface area contributed by atoms with Gasteiger partial charge in [-0.05, 0) is 17.7 Å². The van der Waals surface area contributed by atoms with Crippen LogP contribution in [-0.4, -0.2) is 20.4 Å². The van der Waals surface area contributed by atoms with E-state index in [0.717, 1.165) is 16.5 Å². The van der Waals surface area contributed by atoms with Crippen LogP contribution in [0.25, 0.3) is 6.08 Å². The van der Waals surface area contributed by atoms with Crippen LogP contribution >= 0.6 is 0 Å². The van der Waals surface area contributed by atoms with E-state index < -0.39 is 22.0 Å². The summed E-state index contributed by atoms with van der Waals surface area (Å²) in [6, 6.07) is 16.3. The Hall–Kier alpha value is -2.60. The second-order valence-electron chi connectivity index (χ2n) is 5.59. The Bertz CT molecular complexity index is 875. The monoisotopic (exact) mass is 343 g/mol. The Morgan fingerprint density at radius 1 is 1.08 bits per heavy atom. The van der Waals surface area contributed by atoms with Gasteiger partial charge in [0.15, 0.2) is 6.10 Å². The highest BCUT2D eigenvalue weighted by molar-refractivity contribution is 7.93. The first-order valence-corrected chi connectivity index (χ1v) is 9.06. The summed E-state index contributed by atoms with van der Waals surface area (Å²) in [6.07, 6.45) is 0.575. The fraction of sp³-hybridized carbons (Fsp3) is 0.167. The number of amides is 1. The van der Waals surface area contributed by atoms with Gasteiger partial charge in [-0.2, -0.15) is 0 Å². The van der Waals surface area contributed by atoms with Crippen LogP contribution in [0.15, 0.2) is 60.0 Å². The standard InChI is InChI=1S/C18H17NO4S/c1-13-15-9-5-6-10-16(15)23-17(13)18(20)19-24(21,22)12-11-14-7-3-2-4-8-14/h2-13,17H,1H3,(H,19,20)/b12-11-/t13-,17+/m1/s1. The molecule has 6 heteroatoms. The molecule has 0 unspecified atom stereocenters. The molecule has 124 valence electrons. The van der Waals surface area contributed by atoms with Crippen molar-refractivity contribution in [2.24, 2.45) is 0 Å². The number of hydrogen-bond acceptors (Lipinski definition) is 4. The first kappa shape index (κ1) is 16.3. The van der Waals surface area contributed by atoms with E-state index >= 15 is 0 Å². The average molecular weight is 343 g/mol.